The van der Waals surface area contributed by atoms with Gasteiger partial charge in [0.2, 0.25) is 0 Å². The molecule has 1 aromatic rings. The minimum absolute atomic E-state index is 0.139. The van der Waals surface area contributed by atoms with E-state index in [4.69, 9.17) is 5.73 Å². The van der Waals surface area contributed by atoms with E-state index in [1.807, 2.05) is 35.8 Å². The molecule has 2 N–H and O–H groups in total. The molecule has 1 aliphatic heterocycles. The maximum Gasteiger partial charge on any atom is 0.320 e. The van der Waals surface area contributed by atoms with Crippen LogP contribution in [-0.2, 0) is 0 Å². The van der Waals surface area contributed by atoms with E-state index < -0.39 is 0 Å². The first-order valence-corrected chi connectivity index (χ1v) is 7.16. The Labute approximate surface area is 120 Å². The minimum Gasteiger partial charge on any atom is -0.397 e. The van der Waals surface area contributed by atoms with Crippen LogP contribution in [0.5, 0.6) is 0 Å². The Morgan fingerprint density at radius 1 is 1.25 bits per heavy atom. The summed E-state index contributed by atoms with van der Waals surface area (Å²) in [5, 5.41) is 0. The average Bonchev–Trinajstić information content (AvgIpc) is 2.49. The fourth-order valence-corrected chi connectivity index (χ4v) is 2.41. The molecule has 0 atom stereocenters. The number of hydrogen-bond acceptors (Lipinski definition) is 4. The van der Waals surface area contributed by atoms with Crippen molar-refractivity contribution in [2.75, 3.05) is 49.9 Å². The second kappa shape index (κ2) is 6.45. The maximum atomic E-state index is 12.2. The molecule has 1 aliphatic rings. The summed E-state index contributed by atoms with van der Waals surface area (Å²) in [7, 11) is 0. The van der Waals surface area contributed by atoms with Crippen molar-refractivity contribution in [3.05, 3.63) is 18.3 Å². The van der Waals surface area contributed by atoms with E-state index in [2.05, 4.69) is 9.88 Å². The summed E-state index contributed by atoms with van der Waals surface area (Å²) in [4.78, 5) is 22.5. The van der Waals surface area contributed by atoms with Crippen molar-refractivity contribution in [1.29, 1.82) is 0 Å². The second-order valence-electron chi connectivity index (χ2n) is 4.88. The number of rotatable bonds is 3. The number of nitrogens with zero attached hydrogens (tertiary/aromatic N) is 4. The minimum atomic E-state index is 0.139. The molecule has 0 bridgehead atoms. The van der Waals surface area contributed by atoms with Crippen LogP contribution in [0.3, 0.4) is 0 Å². The van der Waals surface area contributed by atoms with E-state index in [1.54, 1.807) is 6.20 Å². The zero-order valence-corrected chi connectivity index (χ0v) is 12.2. The summed E-state index contributed by atoms with van der Waals surface area (Å²) in [6, 6.07) is 3.92. The molecule has 0 aliphatic carbocycles. The van der Waals surface area contributed by atoms with Crippen molar-refractivity contribution in [2.45, 2.75) is 13.8 Å². The number of carbonyl (C=O) groups excluding carboxylic acids is 1. The maximum absolute atomic E-state index is 12.2. The van der Waals surface area contributed by atoms with Crippen molar-refractivity contribution >= 4 is 17.5 Å². The van der Waals surface area contributed by atoms with Gasteiger partial charge in [0.1, 0.15) is 5.82 Å². The van der Waals surface area contributed by atoms with Crippen molar-refractivity contribution < 1.29 is 4.79 Å². The molecule has 2 heterocycles. The molecule has 2 rings (SSSR count). The largest absolute Gasteiger partial charge is 0.397 e. The summed E-state index contributed by atoms with van der Waals surface area (Å²) >= 11 is 0. The van der Waals surface area contributed by atoms with Gasteiger partial charge in [-0.1, -0.05) is 0 Å². The second-order valence-corrected chi connectivity index (χ2v) is 4.88. The molecule has 0 radical (unpaired) electrons. The Morgan fingerprint density at radius 2 is 1.90 bits per heavy atom. The van der Waals surface area contributed by atoms with E-state index in [9.17, 15) is 4.79 Å². The summed E-state index contributed by atoms with van der Waals surface area (Å²) in [5.41, 5.74) is 6.31. The van der Waals surface area contributed by atoms with Gasteiger partial charge in [0.25, 0.3) is 0 Å². The van der Waals surface area contributed by atoms with Crippen molar-refractivity contribution in [1.82, 2.24) is 14.8 Å². The lowest BCUT2D eigenvalue weighted by atomic mass is 10.3. The van der Waals surface area contributed by atoms with Crippen LogP contribution in [0.4, 0.5) is 16.3 Å². The third-order valence-corrected chi connectivity index (χ3v) is 3.68. The molecule has 1 aromatic heterocycles. The van der Waals surface area contributed by atoms with Gasteiger partial charge in [-0.3, -0.25) is 0 Å². The summed E-state index contributed by atoms with van der Waals surface area (Å²) in [5.74, 6) is 0.925. The molecule has 2 amide bonds. The van der Waals surface area contributed by atoms with Crippen molar-refractivity contribution in [3.63, 3.8) is 0 Å². The lowest BCUT2D eigenvalue weighted by Crippen LogP contribution is -2.53. The normalized spacial score (nSPS) is 15.3. The highest BCUT2D eigenvalue weighted by Crippen LogP contribution is 2.15. The molecule has 1 fully saturated rings. The van der Waals surface area contributed by atoms with Gasteiger partial charge in [0.15, 0.2) is 0 Å². The Morgan fingerprint density at radius 3 is 2.40 bits per heavy atom. The molecule has 0 unspecified atom stereocenters. The Bertz CT molecular complexity index is 435. The van der Waals surface area contributed by atoms with Crippen molar-refractivity contribution in [3.8, 4) is 0 Å². The SMILES string of the molecule is CCN(CC)C(=O)N1CCN(c2ccc(N)cn2)CC1. The van der Waals surface area contributed by atoms with Crippen LogP contribution < -0.4 is 10.6 Å². The molecule has 20 heavy (non-hydrogen) atoms. The number of pyridine rings is 1. The van der Waals surface area contributed by atoms with E-state index in [0.29, 0.717) is 5.69 Å². The van der Waals surface area contributed by atoms with Crippen molar-refractivity contribution in [2.24, 2.45) is 0 Å². The highest BCUT2D eigenvalue weighted by Gasteiger charge is 2.24. The average molecular weight is 277 g/mol. The summed E-state index contributed by atoms with van der Waals surface area (Å²) < 4.78 is 0. The number of piperazine rings is 1. The first-order chi connectivity index (χ1) is 9.65. The number of amides is 2. The number of hydrogen-bond donors (Lipinski definition) is 1. The van der Waals surface area contributed by atoms with Crippen LogP contribution in [0.15, 0.2) is 18.3 Å². The highest BCUT2D eigenvalue weighted by molar-refractivity contribution is 5.74. The molecule has 0 saturated carbocycles. The predicted octanol–water partition coefficient (Wildman–Crippen LogP) is 1.25. The lowest BCUT2D eigenvalue weighted by Gasteiger charge is -2.37. The van der Waals surface area contributed by atoms with Gasteiger partial charge in [-0.15, -0.1) is 0 Å². The standard InChI is InChI=1S/C14H23N5O/c1-3-17(4-2)14(20)19-9-7-18(8-10-19)13-6-5-12(15)11-16-13/h5-6,11H,3-4,7-10,15H2,1-2H3. The number of aromatic nitrogens is 1. The van der Waals surface area contributed by atoms with Crippen LogP contribution in [0.2, 0.25) is 0 Å². The Kier molecular flexibility index (Phi) is 4.65. The van der Waals surface area contributed by atoms with Crippen LogP contribution in [0.1, 0.15) is 13.8 Å². The molecule has 1 saturated heterocycles. The summed E-state index contributed by atoms with van der Waals surface area (Å²) in [6.07, 6.45) is 1.67. The number of carbonyl (C=O) groups is 1. The zero-order chi connectivity index (χ0) is 14.5. The van der Waals surface area contributed by atoms with Gasteiger partial charge in [-0.05, 0) is 26.0 Å². The monoisotopic (exact) mass is 277 g/mol. The molecule has 0 spiro atoms. The third kappa shape index (κ3) is 3.12. The Balaban J connectivity index is 1.92. The van der Waals surface area contributed by atoms with Crippen LogP contribution in [0, 0.1) is 0 Å². The van der Waals surface area contributed by atoms with Gasteiger partial charge in [0, 0.05) is 39.3 Å². The van der Waals surface area contributed by atoms with E-state index >= 15 is 0 Å². The smallest absolute Gasteiger partial charge is 0.320 e. The molecular formula is C14H23N5O. The molecule has 0 aromatic carbocycles. The van der Waals surface area contributed by atoms with Gasteiger partial charge >= 0.3 is 6.03 Å². The van der Waals surface area contributed by atoms with Crippen LogP contribution in [-0.4, -0.2) is 60.1 Å². The van der Waals surface area contributed by atoms with E-state index in [-0.39, 0.29) is 6.03 Å². The number of nitrogen functional groups attached to an aromatic ring is 1. The fourth-order valence-electron chi connectivity index (χ4n) is 2.41. The number of urea groups is 1. The Hall–Kier alpha value is -1.98. The predicted molar refractivity (Wildman–Crippen MR) is 80.8 cm³/mol. The van der Waals surface area contributed by atoms with Gasteiger partial charge < -0.3 is 20.4 Å². The van der Waals surface area contributed by atoms with E-state index in [1.165, 1.54) is 0 Å². The summed E-state index contributed by atoms with van der Waals surface area (Å²) in [6.45, 7) is 8.63. The zero-order valence-electron chi connectivity index (χ0n) is 12.2. The topological polar surface area (TPSA) is 65.7 Å². The first-order valence-electron chi connectivity index (χ1n) is 7.16. The van der Waals surface area contributed by atoms with Crippen LogP contribution >= 0.6 is 0 Å². The van der Waals surface area contributed by atoms with Gasteiger partial charge in [-0.25, -0.2) is 9.78 Å². The van der Waals surface area contributed by atoms with Gasteiger partial charge in [-0.2, -0.15) is 0 Å². The fraction of sp³-hybridized carbons (Fsp3) is 0.571. The molecule has 6 nitrogen and oxygen atoms in total. The van der Waals surface area contributed by atoms with Gasteiger partial charge in [0.05, 0.1) is 11.9 Å². The molecular weight excluding hydrogens is 254 g/mol. The lowest BCUT2D eigenvalue weighted by molar-refractivity contribution is 0.154. The number of nitrogens with two attached hydrogens (primary N) is 1. The molecule has 6 heteroatoms. The van der Waals surface area contributed by atoms with Crippen LogP contribution in [0.25, 0.3) is 0 Å². The van der Waals surface area contributed by atoms with E-state index in [0.717, 1.165) is 45.1 Å². The quantitative estimate of drug-likeness (QED) is 0.903. The number of anilines is 2. The first kappa shape index (κ1) is 14.4. The molecule has 110 valence electrons. The third-order valence-electron chi connectivity index (χ3n) is 3.68. The highest BCUT2D eigenvalue weighted by atomic mass is 16.2.